The summed E-state index contributed by atoms with van der Waals surface area (Å²) in [5.41, 5.74) is 23.3. The lowest BCUT2D eigenvalue weighted by Crippen LogP contribution is -2.57. The highest BCUT2D eigenvalue weighted by Crippen LogP contribution is 2.39. The molecule has 9 amide bonds. The van der Waals surface area contributed by atoms with Gasteiger partial charge in [-0.1, -0.05) is 183 Å². The lowest BCUT2D eigenvalue weighted by atomic mass is 9.85. The van der Waals surface area contributed by atoms with Gasteiger partial charge >= 0.3 is 0 Å². The maximum atomic E-state index is 13.5. The molecule has 4 fully saturated rings. The smallest absolute Gasteiger partial charge is 0.246 e. The van der Waals surface area contributed by atoms with E-state index in [0.29, 0.717) is 60.5 Å². The highest BCUT2D eigenvalue weighted by atomic mass is 32.1. The SMILES string of the molecule is CC.CCC(=O)N[C@H](C(=O)N1C[C@H](O)C[C@H]1C(=O)NCc1ccc(-c2scnc2C)cc1)C(C)(C)C.Cc1cc([C@H](C(=O)N2C[C@H](O)C[C@H]2C(=O)NCc2ccc(-c3scnc3C)c(C)c2)C(C)C)on1.Cc1cc([C@H](C(=O)N2C[C@H](O)C[C@H]2C(=O)NCc2ccc(-c3scnc3C)cc2)C(C)C)on1.Cc1cc([C@H](C(=O)N2C[C@H](O)C[C@H]2C(=O)NCc2ccc(-c3scnc3C)cc2C)C(C)C)on1. The fraction of sp³-hybridized carbons (Fsp3) is 0.481. The van der Waals surface area contributed by atoms with Gasteiger partial charge in [-0.05, 0) is 141 Å². The molecule has 750 valence electrons. The number of nitrogens with one attached hydrogen (secondary N) is 5. The van der Waals surface area contributed by atoms with Gasteiger partial charge in [0.1, 0.15) is 65.2 Å². The number of benzene rings is 4. The first-order chi connectivity index (χ1) is 66.5. The monoisotopic (exact) mass is 1990 g/mol. The summed E-state index contributed by atoms with van der Waals surface area (Å²) in [6, 6.07) is 29.6. The van der Waals surface area contributed by atoms with E-state index in [1.807, 2.05) is 206 Å². The number of aromatic nitrogens is 7. The third kappa shape index (κ3) is 27.3. The molecule has 11 aromatic rings. The number of carbonyl (C=O) groups excluding carboxylic acids is 9. The molecular formula is C104H134N16O16S4. The lowest BCUT2D eigenvalue weighted by Gasteiger charge is -2.35. The first-order valence-electron chi connectivity index (χ1n) is 47.7. The van der Waals surface area contributed by atoms with Crippen LogP contribution in [0.5, 0.6) is 0 Å². The zero-order chi connectivity index (χ0) is 102. The van der Waals surface area contributed by atoms with Crippen molar-refractivity contribution in [3.8, 4) is 41.8 Å². The Morgan fingerprint density at radius 2 is 0.700 bits per heavy atom. The highest BCUT2D eigenvalue weighted by Gasteiger charge is 2.49. The third-order valence-corrected chi connectivity index (χ3v) is 29.2. The number of likely N-dealkylation sites (tertiary alicyclic amines) is 4. The normalized spacial score (nSPS) is 18.7. The van der Waals surface area contributed by atoms with Gasteiger partial charge in [0.05, 0.1) is 106 Å². The Morgan fingerprint density at radius 3 is 0.993 bits per heavy atom. The molecule has 0 bridgehead atoms. The second-order valence-corrected chi connectivity index (χ2v) is 41.6. The summed E-state index contributed by atoms with van der Waals surface area (Å²) < 4.78 is 16.2. The molecule has 0 unspecified atom stereocenters. The van der Waals surface area contributed by atoms with Crippen LogP contribution in [0.15, 0.2) is 139 Å². The van der Waals surface area contributed by atoms with Crippen LogP contribution in [0.3, 0.4) is 0 Å². The number of nitrogens with zero attached hydrogens (tertiary/aromatic N) is 11. The summed E-state index contributed by atoms with van der Waals surface area (Å²) in [5.74, 6) is -2.83. The van der Waals surface area contributed by atoms with Gasteiger partial charge in [0.25, 0.3) is 0 Å². The van der Waals surface area contributed by atoms with E-state index in [0.717, 1.165) is 97.9 Å². The molecular weight excluding hydrogens is 1860 g/mol. The second kappa shape index (κ2) is 49.0. The minimum Gasteiger partial charge on any atom is -0.391 e. The molecule has 4 aliphatic heterocycles. The van der Waals surface area contributed by atoms with Gasteiger partial charge in [-0.15, -0.1) is 45.3 Å². The molecule has 7 aromatic heterocycles. The summed E-state index contributed by atoms with van der Waals surface area (Å²) in [6.45, 7) is 42.1. The Bertz CT molecular complexity index is 6060. The number of carbonyl (C=O) groups is 9. The molecule has 4 aromatic carbocycles. The number of thiazole rings is 4. The van der Waals surface area contributed by atoms with Crippen LogP contribution in [0.2, 0.25) is 0 Å². The second-order valence-electron chi connectivity index (χ2n) is 38.2. The predicted octanol–water partition coefficient (Wildman–Crippen LogP) is 14.6. The molecule has 9 N–H and O–H groups in total. The van der Waals surface area contributed by atoms with E-state index >= 15 is 0 Å². The fourth-order valence-corrected chi connectivity index (χ4v) is 21.1. The standard InChI is InChI=1S/2C26H32N4O4S.C25H30N4O4S.C25H34N4O4S.C2H6/c1-14(2)23(22-9-16(4)29-34-22)26(33)30-12-20(31)10-21(30)25(32)27-11-19-7-6-18(8-15(19)3)24-17(5)28-13-35-24;1-14(2)23(22-9-16(4)29-34-22)26(33)30-12-19(31)10-21(30)25(32)27-11-18-6-7-20(15(3)8-18)24-17(5)28-13-35-24;1-14(2)22(21-9-15(3)28-33-21)25(32)29-12-19(30)10-20(29)24(31)26-11-17-5-7-18(8-6-17)23-16(4)27-13-34-23;1-6-20(31)28-22(25(3,4)5)24(33)29-13-18(30)11-19(29)23(32)26-12-16-7-9-17(10-8-16)21-15(2)27-14-34-21;1-2/h6-9,13-14,20-21,23,31H,10-12H2,1-5H3,(H,27,32);6-9,13-14,19,21,23,31H,10-12H2,1-5H3,(H,27,32);5-9,13-14,19-20,22,30H,10-12H2,1-4H3,(H,26,31);7-10,14,18-19,22,30H,6,11-13H2,1-5H3,(H,26,32)(H,28,31);1-2H3/t20-,21+,23-;19-,21+,23-;19-,20+,22-;18-,19+,22-;/m1111./s1. The predicted molar refractivity (Wildman–Crippen MR) is 540 cm³/mol. The van der Waals surface area contributed by atoms with E-state index in [4.69, 9.17) is 13.6 Å². The zero-order valence-corrected chi connectivity index (χ0v) is 87.0. The minimum atomic E-state index is -0.789. The molecule has 140 heavy (non-hydrogen) atoms. The van der Waals surface area contributed by atoms with Crippen LogP contribution in [0, 0.1) is 85.5 Å². The van der Waals surface area contributed by atoms with Crippen molar-refractivity contribution < 1.29 is 77.1 Å². The summed E-state index contributed by atoms with van der Waals surface area (Å²) in [5, 5.41) is 67.5. The first kappa shape index (κ1) is 109. The van der Waals surface area contributed by atoms with Crippen molar-refractivity contribution in [3.05, 3.63) is 216 Å². The van der Waals surface area contributed by atoms with Crippen molar-refractivity contribution in [3.63, 3.8) is 0 Å². The summed E-state index contributed by atoms with van der Waals surface area (Å²) in [7, 11) is 0. The summed E-state index contributed by atoms with van der Waals surface area (Å²) >= 11 is 6.40. The van der Waals surface area contributed by atoms with Gasteiger partial charge in [0.2, 0.25) is 53.2 Å². The van der Waals surface area contributed by atoms with Gasteiger partial charge in [-0.2, -0.15) is 0 Å². The number of aliphatic hydroxyl groups excluding tert-OH is 4. The van der Waals surface area contributed by atoms with Gasteiger partial charge in [-0.25, -0.2) is 19.9 Å². The number of hydrogen-bond acceptors (Lipinski definition) is 27. The molecule has 12 atom stereocenters. The number of hydrogen-bond donors (Lipinski definition) is 9. The van der Waals surface area contributed by atoms with Gasteiger partial charge in [0.15, 0.2) is 0 Å². The summed E-state index contributed by atoms with van der Waals surface area (Å²) in [6.07, 6.45) is -1.98. The average Bonchev–Trinajstić information content (AvgIpc) is 1.69. The number of rotatable bonds is 28. The Hall–Kier alpha value is -11.9. The zero-order valence-electron chi connectivity index (χ0n) is 83.7. The molecule has 15 rings (SSSR count). The molecule has 0 spiro atoms. The number of aryl methyl sites for hydroxylation is 9. The molecule has 0 aliphatic carbocycles. The topological polar surface area (TPSA) is 437 Å². The quantitative estimate of drug-likeness (QED) is 0.0220. The van der Waals surface area contributed by atoms with Crippen LogP contribution >= 0.6 is 45.3 Å². The first-order valence-corrected chi connectivity index (χ1v) is 51.2. The van der Waals surface area contributed by atoms with Crippen LogP contribution < -0.4 is 26.6 Å². The Labute approximate surface area is 834 Å². The number of β-amino-alcohol motifs (C(OH)–C–C–N with tert-alkyl or cyclic N) is 4. The van der Waals surface area contributed by atoms with Crippen molar-refractivity contribution in [1.82, 2.24) is 81.6 Å². The van der Waals surface area contributed by atoms with Crippen LogP contribution in [0.25, 0.3) is 41.8 Å². The molecule has 11 heterocycles. The Morgan fingerprint density at radius 1 is 0.393 bits per heavy atom. The van der Waals surface area contributed by atoms with E-state index < -0.39 is 77.8 Å². The lowest BCUT2D eigenvalue weighted by molar-refractivity contribution is -0.144. The van der Waals surface area contributed by atoms with Crippen molar-refractivity contribution in [2.45, 2.75) is 276 Å². The van der Waals surface area contributed by atoms with E-state index in [1.165, 1.54) is 19.6 Å². The molecule has 32 nitrogen and oxygen atoms in total. The average molecular weight is 1990 g/mol. The number of aliphatic hydroxyl groups is 4. The van der Waals surface area contributed by atoms with E-state index in [2.05, 4.69) is 80.2 Å². The fourth-order valence-electron chi connectivity index (χ4n) is 17.8. The van der Waals surface area contributed by atoms with Crippen LogP contribution in [0.1, 0.15) is 223 Å². The number of amides is 9. The summed E-state index contributed by atoms with van der Waals surface area (Å²) in [4.78, 5) is 146. The van der Waals surface area contributed by atoms with E-state index in [9.17, 15) is 63.6 Å². The molecule has 0 radical (unpaired) electrons. The van der Waals surface area contributed by atoms with Crippen LogP contribution in [0.4, 0.5) is 0 Å². The largest absolute Gasteiger partial charge is 0.391 e. The van der Waals surface area contributed by atoms with Crippen molar-refractivity contribution in [2.24, 2.45) is 23.2 Å². The van der Waals surface area contributed by atoms with Crippen molar-refractivity contribution >= 4 is 98.5 Å². The molecule has 4 saturated heterocycles. The maximum absolute atomic E-state index is 13.5. The van der Waals surface area contributed by atoms with Gasteiger partial charge in [-0.3, -0.25) is 43.2 Å². The van der Waals surface area contributed by atoms with Gasteiger partial charge < -0.3 is 80.2 Å². The minimum absolute atomic E-state index is 0.0537. The maximum Gasteiger partial charge on any atom is 0.246 e. The van der Waals surface area contributed by atoms with Crippen LogP contribution in [-0.2, 0) is 69.3 Å². The molecule has 36 heteroatoms. The molecule has 4 aliphatic rings. The third-order valence-electron chi connectivity index (χ3n) is 25.3. The van der Waals surface area contributed by atoms with Crippen molar-refractivity contribution in [2.75, 3.05) is 26.2 Å². The van der Waals surface area contributed by atoms with E-state index in [1.54, 1.807) is 91.2 Å². The highest BCUT2D eigenvalue weighted by molar-refractivity contribution is 7.14. The van der Waals surface area contributed by atoms with Crippen LogP contribution in [-0.4, -0.2) is 209 Å². The molecule has 0 saturated carbocycles. The van der Waals surface area contributed by atoms with Gasteiger partial charge in [0, 0.05) is 103 Å². The Balaban J connectivity index is 0.000000177. The van der Waals surface area contributed by atoms with Crippen molar-refractivity contribution in [1.29, 1.82) is 0 Å². The van der Waals surface area contributed by atoms with E-state index in [-0.39, 0.29) is 129 Å². The Kier molecular flexibility index (Phi) is 38.0.